The summed E-state index contributed by atoms with van der Waals surface area (Å²) >= 11 is 0. The molecule has 0 bridgehead atoms. The average Bonchev–Trinajstić information content (AvgIpc) is 2.96. The van der Waals surface area contributed by atoms with Crippen molar-refractivity contribution in [3.05, 3.63) is 29.6 Å². The summed E-state index contributed by atoms with van der Waals surface area (Å²) in [6, 6.07) is 4.32. The highest BCUT2D eigenvalue weighted by atomic mass is 19.1. The molecular formula is C15H21FN2O3. The number of aliphatic hydroxyl groups excluding tert-OH is 1. The van der Waals surface area contributed by atoms with Crippen molar-refractivity contribution in [1.82, 2.24) is 10.2 Å². The lowest BCUT2D eigenvalue weighted by molar-refractivity contribution is 0.157. The van der Waals surface area contributed by atoms with Crippen molar-refractivity contribution in [2.24, 2.45) is 0 Å². The molecule has 1 saturated heterocycles. The van der Waals surface area contributed by atoms with Gasteiger partial charge in [0.15, 0.2) is 11.6 Å². The van der Waals surface area contributed by atoms with Crippen LogP contribution < -0.4 is 10.1 Å². The highest BCUT2D eigenvalue weighted by molar-refractivity contribution is 5.74. The molecular weight excluding hydrogens is 275 g/mol. The predicted molar refractivity (Wildman–Crippen MR) is 76.6 cm³/mol. The van der Waals surface area contributed by atoms with Crippen LogP contribution in [0, 0.1) is 5.82 Å². The Hall–Kier alpha value is -1.82. The predicted octanol–water partition coefficient (Wildman–Crippen LogP) is 1.89. The smallest absolute Gasteiger partial charge is 0.317 e. The summed E-state index contributed by atoms with van der Waals surface area (Å²) in [6.45, 7) is 3.07. The van der Waals surface area contributed by atoms with E-state index in [-0.39, 0.29) is 31.0 Å². The summed E-state index contributed by atoms with van der Waals surface area (Å²) < 4.78 is 18.8. The summed E-state index contributed by atoms with van der Waals surface area (Å²) in [5.74, 6) is -0.217. The van der Waals surface area contributed by atoms with E-state index in [0.717, 1.165) is 12.8 Å². The molecule has 0 spiro atoms. The summed E-state index contributed by atoms with van der Waals surface area (Å²) in [4.78, 5) is 13.7. The van der Waals surface area contributed by atoms with Gasteiger partial charge in [-0.25, -0.2) is 9.18 Å². The number of ether oxygens (including phenoxy) is 1. The van der Waals surface area contributed by atoms with Gasteiger partial charge in [-0.05, 0) is 37.5 Å². The van der Waals surface area contributed by atoms with Gasteiger partial charge in [-0.1, -0.05) is 6.07 Å². The Balaban J connectivity index is 1.90. The molecule has 1 fully saturated rings. The van der Waals surface area contributed by atoms with Crippen LogP contribution in [0.5, 0.6) is 5.75 Å². The van der Waals surface area contributed by atoms with E-state index in [9.17, 15) is 14.3 Å². The molecule has 1 unspecified atom stereocenters. The molecule has 0 aliphatic carbocycles. The van der Waals surface area contributed by atoms with Gasteiger partial charge in [-0.2, -0.15) is 0 Å². The lowest BCUT2D eigenvalue weighted by Crippen LogP contribution is -2.43. The monoisotopic (exact) mass is 296 g/mol. The van der Waals surface area contributed by atoms with Gasteiger partial charge in [0.05, 0.1) is 19.3 Å². The van der Waals surface area contributed by atoms with Crippen LogP contribution in [0.15, 0.2) is 18.2 Å². The first-order chi connectivity index (χ1) is 10.2. The van der Waals surface area contributed by atoms with Crippen LogP contribution in [0.3, 0.4) is 0 Å². The Bertz CT molecular complexity index is 496. The third kappa shape index (κ3) is 3.85. The zero-order valence-corrected chi connectivity index (χ0v) is 12.1. The van der Waals surface area contributed by atoms with Crippen LogP contribution in [-0.4, -0.2) is 41.8 Å². The minimum atomic E-state index is -0.432. The van der Waals surface area contributed by atoms with Gasteiger partial charge in [-0.3, -0.25) is 0 Å². The van der Waals surface area contributed by atoms with Crippen molar-refractivity contribution in [3.8, 4) is 5.75 Å². The van der Waals surface area contributed by atoms with Crippen LogP contribution in [0.2, 0.25) is 0 Å². The van der Waals surface area contributed by atoms with Gasteiger partial charge < -0.3 is 20.1 Å². The summed E-state index contributed by atoms with van der Waals surface area (Å²) in [5, 5.41) is 12.0. The molecule has 21 heavy (non-hydrogen) atoms. The molecule has 116 valence electrons. The van der Waals surface area contributed by atoms with Crippen molar-refractivity contribution in [2.75, 3.05) is 19.8 Å². The molecule has 1 atom stereocenters. The molecule has 2 amide bonds. The quantitative estimate of drug-likeness (QED) is 0.872. The fourth-order valence-electron chi connectivity index (χ4n) is 2.50. The Morgan fingerprint density at radius 3 is 3.05 bits per heavy atom. The minimum absolute atomic E-state index is 0.0227. The van der Waals surface area contributed by atoms with Crippen molar-refractivity contribution in [2.45, 2.75) is 32.4 Å². The normalized spacial score (nSPS) is 17.9. The van der Waals surface area contributed by atoms with E-state index >= 15 is 0 Å². The fraction of sp³-hybridized carbons (Fsp3) is 0.533. The maximum absolute atomic E-state index is 13.7. The minimum Gasteiger partial charge on any atom is -0.491 e. The van der Waals surface area contributed by atoms with Crippen LogP contribution in [0.1, 0.15) is 25.3 Å². The molecule has 0 saturated carbocycles. The van der Waals surface area contributed by atoms with E-state index < -0.39 is 5.82 Å². The Morgan fingerprint density at radius 1 is 1.57 bits per heavy atom. The number of amides is 2. The number of benzene rings is 1. The van der Waals surface area contributed by atoms with Gasteiger partial charge >= 0.3 is 6.03 Å². The van der Waals surface area contributed by atoms with E-state index in [2.05, 4.69) is 5.32 Å². The highest BCUT2D eigenvalue weighted by Gasteiger charge is 2.27. The molecule has 2 rings (SSSR count). The van der Waals surface area contributed by atoms with Gasteiger partial charge in [0, 0.05) is 13.1 Å². The van der Waals surface area contributed by atoms with Gasteiger partial charge in [0.25, 0.3) is 0 Å². The topological polar surface area (TPSA) is 61.8 Å². The first kappa shape index (κ1) is 15.6. The molecule has 5 nitrogen and oxygen atoms in total. The number of hydrogen-bond acceptors (Lipinski definition) is 3. The van der Waals surface area contributed by atoms with Crippen molar-refractivity contribution >= 4 is 6.03 Å². The highest BCUT2D eigenvalue weighted by Crippen LogP contribution is 2.19. The zero-order chi connectivity index (χ0) is 15.2. The molecule has 1 aliphatic heterocycles. The maximum Gasteiger partial charge on any atom is 0.317 e. The number of halogens is 1. The van der Waals surface area contributed by atoms with E-state index in [4.69, 9.17) is 4.74 Å². The molecule has 1 aromatic carbocycles. The Labute approximate surface area is 123 Å². The van der Waals surface area contributed by atoms with Crippen LogP contribution in [0.25, 0.3) is 0 Å². The first-order valence-corrected chi connectivity index (χ1v) is 7.22. The van der Waals surface area contributed by atoms with Crippen molar-refractivity contribution in [3.63, 3.8) is 0 Å². The first-order valence-electron chi connectivity index (χ1n) is 7.22. The zero-order valence-electron chi connectivity index (χ0n) is 12.1. The van der Waals surface area contributed by atoms with E-state index in [1.165, 1.54) is 6.07 Å². The van der Waals surface area contributed by atoms with Gasteiger partial charge in [-0.15, -0.1) is 0 Å². The molecule has 0 aromatic heterocycles. The number of nitrogens with zero attached hydrogens (tertiary/aromatic N) is 1. The van der Waals surface area contributed by atoms with Crippen molar-refractivity contribution in [1.29, 1.82) is 0 Å². The number of carbonyl (C=O) groups excluding carboxylic acids is 1. The number of rotatable bonds is 5. The van der Waals surface area contributed by atoms with Crippen molar-refractivity contribution < 1.29 is 19.0 Å². The van der Waals surface area contributed by atoms with Crippen LogP contribution in [0.4, 0.5) is 9.18 Å². The maximum atomic E-state index is 13.7. The Morgan fingerprint density at radius 2 is 2.38 bits per heavy atom. The lowest BCUT2D eigenvalue weighted by Gasteiger charge is -2.23. The average molecular weight is 296 g/mol. The number of aliphatic hydroxyl groups is 1. The number of nitrogens with one attached hydrogen (secondary N) is 1. The molecule has 1 aliphatic rings. The number of hydrogen-bond donors (Lipinski definition) is 2. The van der Waals surface area contributed by atoms with Gasteiger partial charge in [0.2, 0.25) is 0 Å². The molecule has 1 heterocycles. The number of urea groups is 1. The van der Waals surface area contributed by atoms with Crippen LogP contribution in [-0.2, 0) is 6.54 Å². The number of likely N-dealkylation sites (tertiary alicyclic amines) is 1. The van der Waals surface area contributed by atoms with E-state index in [1.54, 1.807) is 24.0 Å². The van der Waals surface area contributed by atoms with E-state index in [0.29, 0.717) is 18.7 Å². The molecule has 2 N–H and O–H groups in total. The summed E-state index contributed by atoms with van der Waals surface area (Å²) in [5.41, 5.74) is 0.670. The second-order valence-electron chi connectivity index (χ2n) is 5.03. The second kappa shape index (κ2) is 7.26. The largest absolute Gasteiger partial charge is 0.491 e. The lowest BCUT2D eigenvalue weighted by atomic mass is 10.2. The summed E-state index contributed by atoms with van der Waals surface area (Å²) in [7, 11) is 0. The molecule has 0 radical (unpaired) electrons. The summed E-state index contributed by atoms with van der Waals surface area (Å²) in [6.07, 6.45) is 1.72. The Kier molecular flexibility index (Phi) is 5.38. The third-order valence-corrected chi connectivity index (χ3v) is 3.59. The third-order valence-electron chi connectivity index (χ3n) is 3.59. The fourth-order valence-corrected chi connectivity index (χ4v) is 2.50. The van der Waals surface area contributed by atoms with Crippen LogP contribution >= 0.6 is 0 Å². The molecule has 6 heteroatoms. The number of carbonyl (C=O) groups is 1. The van der Waals surface area contributed by atoms with E-state index in [1.807, 2.05) is 0 Å². The standard InChI is InChI=1S/C15H21FN2O3/c1-2-21-14-6-5-11(8-13(14)16)9-17-15(20)18-7-3-4-12(18)10-19/h5-6,8,12,19H,2-4,7,9-10H2,1H3,(H,17,20). The van der Waals surface area contributed by atoms with Gasteiger partial charge in [0.1, 0.15) is 0 Å². The molecule has 1 aromatic rings. The SMILES string of the molecule is CCOc1ccc(CNC(=O)N2CCCC2CO)cc1F. The second-order valence-corrected chi connectivity index (χ2v) is 5.03.